The van der Waals surface area contributed by atoms with Crippen molar-refractivity contribution < 1.29 is 9.18 Å². The molecule has 0 fully saturated rings. The number of carbonyl (C=O) groups excluding carboxylic acids is 1. The Labute approximate surface area is 204 Å². The molecule has 2 aromatic heterocycles. The van der Waals surface area contributed by atoms with Crippen LogP contribution in [-0.4, -0.2) is 27.2 Å². The van der Waals surface area contributed by atoms with Gasteiger partial charge in [0.05, 0.1) is 28.5 Å². The monoisotopic (exact) mass is 494 g/mol. The molecule has 7 nitrogen and oxygen atoms in total. The van der Waals surface area contributed by atoms with Gasteiger partial charge in [-0.05, 0) is 43.2 Å². The van der Waals surface area contributed by atoms with Crippen LogP contribution in [0.15, 0.2) is 53.9 Å². The molecule has 0 spiro atoms. The Morgan fingerprint density at radius 2 is 2.00 bits per heavy atom. The smallest absolute Gasteiger partial charge is 0.226 e. The maximum Gasteiger partial charge on any atom is 0.226 e. The number of nitrogens with one attached hydrogen (secondary N) is 1. The van der Waals surface area contributed by atoms with Crippen molar-refractivity contribution in [1.82, 2.24) is 20.1 Å². The summed E-state index contributed by atoms with van der Waals surface area (Å²) in [4.78, 5) is 16.8. The highest BCUT2D eigenvalue weighted by Gasteiger charge is 2.17. The minimum absolute atomic E-state index is 0.145. The summed E-state index contributed by atoms with van der Waals surface area (Å²) >= 11 is 7.66. The van der Waals surface area contributed by atoms with Gasteiger partial charge in [0, 0.05) is 17.5 Å². The number of aryl methyl sites for hydroxylation is 1. The van der Waals surface area contributed by atoms with Crippen LogP contribution in [0, 0.1) is 17.1 Å². The summed E-state index contributed by atoms with van der Waals surface area (Å²) in [5.41, 5.74) is 8.97. The van der Waals surface area contributed by atoms with Gasteiger partial charge in [-0.25, -0.2) is 14.1 Å². The first-order chi connectivity index (χ1) is 16.5. The van der Waals surface area contributed by atoms with Crippen molar-refractivity contribution in [1.29, 1.82) is 5.26 Å². The molecule has 0 saturated carbocycles. The van der Waals surface area contributed by atoms with Crippen molar-refractivity contribution in [3.05, 3.63) is 81.7 Å². The topological polar surface area (TPSA) is 110 Å². The van der Waals surface area contributed by atoms with E-state index in [0.29, 0.717) is 41.5 Å². The van der Waals surface area contributed by atoms with Crippen LogP contribution in [0.1, 0.15) is 23.4 Å². The third kappa shape index (κ3) is 5.25. The summed E-state index contributed by atoms with van der Waals surface area (Å²) in [6.07, 6.45) is 1.19. The molecule has 10 heteroatoms. The lowest BCUT2D eigenvalue weighted by Gasteiger charge is -2.04. The van der Waals surface area contributed by atoms with Crippen LogP contribution in [0.2, 0.25) is 5.02 Å². The molecule has 34 heavy (non-hydrogen) atoms. The molecule has 0 atom stereocenters. The lowest BCUT2D eigenvalue weighted by molar-refractivity contribution is -0.120. The second-order valence-corrected chi connectivity index (χ2v) is 8.73. The number of nitriles is 1. The average Bonchev–Trinajstić information content (AvgIpc) is 3.41. The number of carbonyl (C=O) groups is 1. The number of hydrogen-bond donors (Lipinski definition) is 2. The lowest BCUT2D eigenvalue weighted by Crippen LogP contribution is -2.26. The number of aromatic nitrogens is 3. The molecule has 3 N–H and O–H groups in total. The molecule has 0 aliphatic heterocycles. The summed E-state index contributed by atoms with van der Waals surface area (Å²) in [6.45, 7) is 0.411. The first-order valence-electron chi connectivity index (χ1n) is 10.5. The standard InChI is InChI=1S/C24H20ClFN6OS/c25-20-5-2-1-4-18(20)24-30-16(14-34-24)12-22(33)29-11-3-6-21-19(13-27)23(28)32(31-21)17-9-7-15(26)8-10-17/h1-2,4-5,7-10,14H,3,6,11-12,28H2,(H,29,33). The van der Waals surface area contributed by atoms with E-state index in [1.54, 1.807) is 18.2 Å². The summed E-state index contributed by atoms with van der Waals surface area (Å²) in [6, 6.07) is 15.2. The van der Waals surface area contributed by atoms with Gasteiger partial charge in [0.1, 0.15) is 28.3 Å². The van der Waals surface area contributed by atoms with Crippen molar-refractivity contribution in [2.75, 3.05) is 12.3 Å². The van der Waals surface area contributed by atoms with Gasteiger partial charge in [-0.3, -0.25) is 4.79 Å². The molecule has 0 unspecified atom stereocenters. The molecule has 0 aliphatic carbocycles. The van der Waals surface area contributed by atoms with E-state index in [9.17, 15) is 14.4 Å². The maximum atomic E-state index is 13.2. The molecular weight excluding hydrogens is 475 g/mol. The van der Waals surface area contributed by atoms with Crippen LogP contribution in [0.25, 0.3) is 16.3 Å². The number of benzene rings is 2. The zero-order chi connectivity index (χ0) is 24.1. The zero-order valence-corrected chi connectivity index (χ0v) is 19.5. The van der Waals surface area contributed by atoms with E-state index in [-0.39, 0.29) is 29.5 Å². The van der Waals surface area contributed by atoms with E-state index in [1.807, 2.05) is 23.6 Å². The largest absolute Gasteiger partial charge is 0.382 e. The summed E-state index contributed by atoms with van der Waals surface area (Å²) < 4.78 is 14.6. The van der Waals surface area contributed by atoms with Crippen molar-refractivity contribution in [2.24, 2.45) is 0 Å². The Morgan fingerprint density at radius 3 is 2.74 bits per heavy atom. The molecule has 0 saturated heterocycles. The highest BCUT2D eigenvalue weighted by molar-refractivity contribution is 7.13. The number of nitrogens with two attached hydrogens (primary N) is 1. The Hall–Kier alpha value is -3.74. The number of hydrogen-bond acceptors (Lipinski definition) is 6. The second kappa shape index (κ2) is 10.5. The number of rotatable bonds is 8. The van der Waals surface area contributed by atoms with Crippen LogP contribution in [0.5, 0.6) is 0 Å². The highest BCUT2D eigenvalue weighted by Crippen LogP contribution is 2.30. The first-order valence-corrected chi connectivity index (χ1v) is 11.7. The molecule has 0 bridgehead atoms. The minimum atomic E-state index is -0.372. The Balaban J connectivity index is 1.31. The highest BCUT2D eigenvalue weighted by atomic mass is 35.5. The SMILES string of the molecule is N#Cc1c(CCCNC(=O)Cc2csc(-c3ccccc3Cl)n2)nn(-c2ccc(F)cc2)c1N. The second-order valence-electron chi connectivity index (χ2n) is 7.46. The van der Waals surface area contributed by atoms with Crippen LogP contribution < -0.4 is 11.1 Å². The van der Waals surface area contributed by atoms with Gasteiger partial charge >= 0.3 is 0 Å². The maximum absolute atomic E-state index is 13.2. The summed E-state index contributed by atoms with van der Waals surface area (Å²) in [5, 5.41) is 20.0. The molecule has 2 aromatic carbocycles. The zero-order valence-electron chi connectivity index (χ0n) is 18.0. The van der Waals surface area contributed by atoms with Crippen molar-refractivity contribution in [2.45, 2.75) is 19.3 Å². The van der Waals surface area contributed by atoms with E-state index in [0.717, 1.165) is 10.6 Å². The Morgan fingerprint density at radius 1 is 1.24 bits per heavy atom. The van der Waals surface area contributed by atoms with E-state index in [1.165, 1.54) is 28.2 Å². The summed E-state index contributed by atoms with van der Waals surface area (Å²) in [5.74, 6) is -0.317. The molecule has 0 aliphatic rings. The Kier molecular flexibility index (Phi) is 7.21. The molecular formula is C24H20ClFN6OS. The van der Waals surface area contributed by atoms with Crippen LogP contribution in [-0.2, 0) is 17.6 Å². The van der Waals surface area contributed by atoms with Gasteiger partial charge in [0.2, 0.25) is 5.91 Å². The molecule has 172 valence electrons. The van der Waals surface area contributed by atoms with E-state index in [4.69, 9.17) is 17.3 Å². The normalized spacial score (nSPS) is 10.7. The van der Waals surface area contributed by atoms with Crippen LogP contribution in [0.3, 0.4) is 0 Å². The molecule has 4 aromatic rings. The minimum Gasteiger partial charge on any atom is -0.382 e. The third-order valence-corrected chi connectivity index (χ3v) is 6.34. The van der Waals surface area contributed by atoms with Gasteiger partial charge in [0.25, 0.3) is 0 Å². The predicted octanol–water partition coefficient (Wildman–Crippen LogP) is 4.53. The van der Waals surface area contributed by atoms with E-state index < -0.39 is 0 Å². The quantitative estimate of drug-likeness (QED) is 0.350. The van der Waals surface area contributed by atoms with Crippen LogP contribution >= 0.6 is 22.9 Å². The van der Waals surface area contributed by atoms with Crippen molar-refractivity contribution in [3.8, 4) is 22.3 Å². The Bertz CT molecular complexity index is 1360. The van der Waals surface area contributed by atoms with E-state index >= 15 is 0 Å². The number of halogens is 2. The van der Waals surface area contributed by atoms with Crippen molar-refractivity contribution >= 4 is 34.7 Å². The molecule has 2 heterocycles. The van der Waals surface area contributed by atoms with Gasteiger partial charge in [-0.15, -0.1) is 11.3 Å². The fraction of sp³-hybridized carbons (Fsp3) is 0.167. The lowest BCUT2D eigenvalue weighted by atomic mass is 10.1. The predicted molar refractivity (Wildman–Crippen MR) is 130 cm³/mol. The number of amides is 1. The average molecular weight is 495 g/mol. The fourth-order valence-corrected chi connectivity index (χ4v) is 4.55. The summed E-state index contributed by atoms with van der Waals surface area (Å²) in [7, 11) is 0. The number of thiazole rings is 1. The van der Waals surface area contributed by atoms with Crippen LogP contribution in [0.4, 0.5) is 10.2 Å². The number of nitrogens with zero attached hydrogens (tertiary/aromatic N) is 4. The number of nitrogen functional groups attached to an aromatic ring is 1. The molecule has 4 rings (SSSR count). The van der Waals surface area contributed by atoms with E-state index in [2.05, 4.69) is 21.5 Å². The van der Waals surface area contributed by atoms with Gasteiger partial charge < -0.3 is 11.1 Å². The molecule has 1 amide bonds. The first kappa shape index (κ1) is 23.4. The fourth-order valence-electron chi connectivity index (χ4n) is 3.41. The van der Waals surface area contributed by atoms with Crippen molar-refractivity contribution in [3.63, 3.8) is 0 Å². The molecule has 0 radical (unpaired) electrons. The number of anilines is 1. The van der Waals surface area contributed by atoms with Gasteiger partial charge in [0.15, 0.2) is 0 Å². The van der Waals surface area contributed by atoms with Gasteiger partial charge in [-0.1, -0.05) is 29.8 Å². The third-order valence-electron chi connectivity index (χ3n) is 5.09. The van der Waals surface area contributed by atoms with Gasteiger partial charge in [-0.2, -0.15) is 10.4 Å².